The Hall–Kier alpha value is -0.0600. The van der Waals surface area contributed by atoms with Crippen molar-refractivity contribution >= 4 is 53.0 Å². The molecular formula is C16H30IN5S2. The quantitative estimate of drug-likeness (QED) is 0.196. The van der Waals surface area contributed by atoms with Crippen LogP contribution in [0, 0.1) is 0 Å². The zero-order chi connectivity index (χ0) is 16.3. The monoisotopic (exact) mass is 483 g/mol. The van der Waals surface area contributed by atoms with Gasteiger partial charge in [0.25, 0.3) is 0 Å². The van der Waals surface area contributed by atoms with Crippen LogP contribution in [0.4, 0.5) is 0 Å². The van der Waals surface area contributed by atoms with Gasteiger partial charge in [-0.25, -0.2) is 4.98 Å². The smallest absolute Gasteiger partial charge is 0.191 e. The fourth-order valence-corrected chi connectivity index (χ4v) is 4.37. The molecule has 1 aromatic heterocycles. The molecule has 5 nitrogen and oxygen atoms in total. The van der Waals surface area contributed by atoms with E-state index < -0.39 is 0 Å². The number of halogens is 1. The molecule has 1 saturated heterocycles. The molecule has 1 fully saturated rings. The van der Waals surface area contributed by atoms with Crippen molar-refractivity contribution in [2.45, 2.75) is 43.0 Å². The third kappa shape index (κ3) is 8.35. The van der Waals surface area contributed by atoms with Crippen LogP contribution in [0.5, 0.6) is 0 Å². The summed E-state index contributed by atoms with van der Waals surface area (Å²) in [6.45, 7) is 6.84. The summed E-state index contributed by atoms with van der Waals surface area (Å²) in [6, 6.07) is 0.555. The van der Waals surface area contributed by atoms with Crippen LogP contribution in [0.3, 0.4) is 0 Å². The SMILES string of the molecule is CCCN1CCC(NC(=NC)NCCCSc2nccs2)CC1.I. The van der Waals surface area contributed by atoms with Crippen LogP contribution in [-0.2, 0) is 0 Å². The van der Waals surface area contributed by atoms with Crippen molar-refractivity contribution in [1.29, 1.82) is 0 Å². The molecule has 0 aromatic carbocycles. The minimum absolute atomic E-state index is 0. The molecule has 24 heavy (non-hydrogen) atoms. The molecule has 2 heterocycles. The molecule has 0 radical (unpaired) electrons. The molecule has 0 unspecified atom stereocenters. The van der Waals surface area contributed by atoms with Crippen molar-refractivity contribution in [3.05, 3.63) is 11.6 Å². The highest BCUT2D eigenvalue weighted by molar-refractivity contribution is 14.0. The standard InChI is InChI=1S/C16H29N5S2.HI/c1-3-9-21-10-5-14(6-11-21)20-15(17-2)18-7-4-12-22-16-19-8-13-23-16;/h8,13-14H,3-7,9-12H2,1-2H3,(H2,17,18,20);1H. The minimum Gasteiger partial charge on any atom is -0.356 e. The van der Waals surface area contributed by atoms with Crippen LogP contribution >= 0.6 is 47.1 Å². The number of thiazole rings is 1. The summed E-state index contributed by atoms with van der Waals surface area (Å²) in [5, 5.41) is 9.02. The number of nitrogens with one attached hydrogen (secondary N) is 2. The Morgan fingerprint density at radius 1 is 1.46 bits per heavy atom. The van der Waals surface area contributed by atoms with E-state index in [9.17, 15) is 0 Å². The first kappa shape index (κ1) is 22.0. The molecular weight excluding hydrogens is 453 g/mol. The summed E-state index contributed by atoms with van der Waals surface area (Å²) in [4.78, 5) is 11.2. The van der Waals surface area contributed by atoms with Crippen LogP contribution in [0.25, 0.3) is 0 Å². The van der Waals surface area contributed by atoms with Crippen molar-refractivity contribution in [2.75, 3.05) is 39.0 Å². The maximum absolute atomic E-state index is 4.35. The van der Waals surface area contributed by atoms with Gasteiger partial charge in [-0.15, -0.1) is 35.3 Å². The predicted octanol–water partition coefficient (Wildman–Crippen LogP) is 3.28. The van der Waals surface area contributed by atoms with Crippen molar-refractivity contribution < 1.29 is 0 Å². The summed E-state index contributed by atoms with van der Waals surface area (Å²) in [7, 11) is 1.85. The molecule has 2 rings (SSSR count). The van der Waals surface area contributed by atoms with E-state index in [4.69, 9.17) is 0 Å². The van der Waals surface area contributed by atoms with E-state index in [-0.39, 0.29) is 24.0 Å². The van der Waals surface area contributed by atoms with Gasteiger partial charge in [-0.1, -0.05) is 18.7 Å². The summed E-state index contributed by atoms with van der Waals surface area (Å²) in [6.07, 6.45) is 6.64. The molecule has 1 aromatic rings. The van der Waals surface area contributed by atoms with Crippen LogP contribution in [0.15, 0.2) is 20.9 Å². The second-order valence-corrected chi connectivity index (χ2v) is 8.00. The van der Waals surface area contributed by atoms with E-state index in [0.717, 1.165) is 29.0 Å². The third-order valence-corrected chi connectivity index (χ3v) is 5.99. The second kappa shape index (κ2) is 13.2. The minimum atomic E-state index is 0. The number of thioether (sulfide) groups is 1. The number of hydrogen-bond acceptors (Lipinski definition) is 5. The molecule has 0 bridgehead atoms. The fourth-order valence-electron chi connectivity index (χ4n) is 2.73. The van der Waals surface area contributed by atoms with Gasteiger partial charge in [-0.05, 0) is 32.2 Å². The molecule has 1 aliphatic rings. The van der Waals surface area contributed by atoms with E-state index in [1.165, 1.54) is 38.9 Å². The molecule has 138 valence electrons. The molecule has 2 N–H and O–H groups in total. The summed E-state index contributed by atoms with van der Waals surface area (Å²) < 4.78 is 1.16. The Morgan fingerprint density at radius 2 is 2.25 bits per heavy atom. The Kier molecular flexibility index (Phi) is 12.1. The Bertz CT molecular complexity index is 447. The van der Waals surface area contributed by atoms with Gasteiger partial charge in [0.1, 0.15) is 4.34 Å². The number of guanidine groups is 1. The molecule has 8 heteroatoms. The maximum atomic E-state index is 4.35. The van der Waals surface area contributed by atoms with Gasteiger partial charge in [-0.3, -0.25) is 4.99 Å². The molecule has 0 amide bonds. The fraction of sp³-hybridized carbons (Fsp3) is 0.750. The lowest BCUT2D eigenvalue weighted by Gasteiger charge is -2.32. The predicted molar refractivity (Wildman–Crippen MR) is 117 cm³/mol. The van der Waals surface area contributed by atoms with E-state index in [1.807, 2.05) is 30.4 Å². The van der Waals surface area contributed by atoms with Gasteiger partial charge in [0.05, 0.1) is 0 Å². The summed E-state index contributed by atoms with van der Waals surface area (Å²) in [5.41, 5.74) is 0. The van der Waals surface area contributed by atoms with Gasteiger partial charge in [0, 0.05) is 50.1 Å². The van der Waals surface area contributed by atoms with Crippen LogP contribution in [0.1, 0.15) is 32.6 Å². The number of aromatic nitrogens is 1. The lowest BCUT2D eigenvalue weighted by atomic mass is 10.1. The van der Waals surface area contributed by atoms with E-state index in [2.05, 4.69) is 32.4 Å². The third-order valence-electron chi connectivity index (χ3n) is 3.94. The lowest BCUT2D eigenvalue weighted by molar-refractivity contribution is 0.206. The average Bonchev–Trinajstić information content (AvgIpc) is 3.09. The lowest BCUT2D eigenvalue weighted by Crippen LogP contribution is -2.48. The summed E-state index contributed by atoms with van der Waals surface area (Å²) in [5.74, 6) is 2.03. The Labute approximate surface area is 171 Å². The van der Waals surface area contributed by atoms with E-state index in [0.29, 0.717) is 6.04 Å². The van der Waals surface area contributed by atoms with Gasteiger partial charge < -0.3 is 15.5 Å². The number of aliphatic imine (C=N–C) groups is 1. The highest BCUT2D eigenvalue weighted by Crippen LogP contribution is 2.20. The highest BCUT2D eigenvalue weighted by Gasteiger charge is 2.19. The number of likely N-dealkylation sites (tertiary alicyclic amines) is 1. The zero-order valence-electron chi connectivity index (χ0n) is 14.7. The number of piperidine rings is 1. The average molecular weight is 483 g/mol. The van der Waals surface area contributed by atoms with Crippen molar-refractivity contribution in [3.63, 3.8) is 0 Å². The maximum Gasteiger partial charge on any atom is 0.191 e. The van der Waals surface area contributed by atoms with Gasteiger partial charge in [0.15, 0.2) is 5.96 Å². The van der Waals surface area contributed by atoms with Crippen molar-refractivity contribution in [1.82, 2.24) is 20.5 Å². The van der Waals surface area contributed by atoms with E-state index in [1.54, 1.807) is 11.3 Å². The van der Waals surface area contributed by atoms with Gasteiger partial charge in [0.2, 0.25) is 0 Å². The molecule has 0 atom stereocenters. The molecule has 1 aliphatic heterocycles. The van der Waals surface area contributed by atoms with Gasteiger partial charge >= 0.3 is 0 Å². The normalized spacial score (nSPS) is 16.7. The topological polar surface area (TPSA) is 52.5 Å². The van der Waals surface area contributed by atoms with Crippen LogP contribution in [0.2, 0.25) is 0 Å². The number of hydrogen-bond donors (Lipinski definition) is 2. The van der Waals surface area contributed by atoms with Gasteiger partial charge in [-0.2, -0.15) is 0 Å². The van der Waals surface area contributed by atoms with Crippen LogP contribution in [-0.4, -0.2) is 60.9 Å². The first-order chi connectivity index (χ1) is 11.3. The first-order valence-corrected chi connectivity index (χ1v) is 10.4. The van der Waals surface area contributed by atoms with E-state index >= 15 is 0 Å². The zero-order valence-corrected chi connectivity index (χ0v) is 18.6. The van der Waals surface area contributed by atoms with Crippen LogP contribution < -0.4 is 10.6 Å². The molecule has 0 aliphatic carbocycles. The number of rotatable bonds is 8. The molecule has 0 spiro atoms. The summed E-state index contributed by atoms with van der Waals surface area (Å²) >= 11 is 3.54. The molecule has 0 saturated carbocycles. The van der Waals surface area contributed by atoms with Crippen molar-refractivity contribution in [2.24, 2.45) is 4.99 Å². The Morgan fingerprint density at radius 3 is 2.88 bits per heavy atom. The number of nitrogens with zero attached hydrogens (tertiary/aromatic N) is 3. The highest BCUT2D eigenvalue weighted by atomic mass is 127. The van der Waals surface area contributed by atoms with Crippen molar-refractivity contribution in [3.8, 4) is 0 Å². The first-order valence-electron chi connectivity index (χ1n) is 8.53. The second-order valence-electron chi connectivity index (χ2n) is 5.76. The largest absolute Gasteiger partial charge is 0.356 e. The Balaban J connectivity index is 0.00000288.